The molecule has 2 amide bonds. The van der Waals surface area contributed by atoms with E-state index in [1.807, 2.05) is 50.2 Å². The zero-order valence-corrected chi connectivity index (χ0v) is 17.2. The van der Waals surface area contributed by atoms with Gasteiger partial charge in [-0.25, -0.2) is 0 Å². The van der Waals surface area contributed by atoms with Crippen LogP contribution in [-0.2, 0) is 9.59 Å². The van der Waals surface area contributed by atoms with Gasteiger partial charge in [-0.15, -0.1) is 0 Å². The number of nitrogens with one attached hydrogen (secondary N) is 2. The molecule has 0 radical (unpaired) electrons. The highest BCUT2D eigenvalue weighted by atomic mass is 79.9. The van der Waals surface area contributed by atoms with Gasteiger partial charge in [-0.05, 0) is 49.8 Å². The second-order valence-corrected chi connectivity index (χ2v) is 7.04. The molecule has 5 nitrogen and oxygen atoms in total. The number of anilines is 1. The summed E-state index contributed by atoms with van der Waals surface area (Å²) in [5, 5.41) is 5.56. The maximum atomic E-state index is 12.0. The molecule has 0 heterocycles. The van der Waals surface area contributed by atoms with Crippen LogP contribution in [0.15, 0.2) is 46.9 Å². The number of carbonyl (C=O) groups excluding carboxylic acids is 2. The van der Waals surface area contributed by atoms with Crippen LogP contribution < -0.4 is 15.4 Å². The smallest absolute Gasteiger partial charge is 0.244 e. The molecule has 0 spiro atoms. The molecule has 0 fully saturated rings. The van der Waals surface area contributed by atoms with Gasteiger partial charge >= 0.3 is 0 Å². The third-order valence-electron chi connectivity index (χ3n) is 3.92. The first-order valence-corrected chi connectivity index (χ1v) is 9.35. The lowest BCUT2D eigenvalue weighted by molar-refractivity contribution is -0.117. The Morgan fingerprint density at radius 3 is 2.67 bits per heavy atom. The molecule has 0 aliphatic carbocycles. The summed E-state index contributed by atoms with van der Waals surface area (Å²) in [6.45, 7) is 4.16. The Morgan fingerprint density at radius 2 is 1.93 bits per heavy atom. The molecule has 0 aromatic heterocycles. The minimum absolute atomic E-state index is 0.152. The molecule has 0 saturated heterocycles. The number of methoxy groups -OCH3 is 1. The first-order chi connectivity index (χ1) is 12.9. The van der Waals surface area contributed by atoms with Gasteiger partial charge in [-0.1, -0.05) is 33.6 Å². The summed E-state index contributed by atoms with van der Waals surface area (Å²) in [5.41, 5.74) is 3.64. The van der Waals surface area contributed by atoms with Crippen LogP contribution in [0.5, 0.6) is 5.75 Å². The molecule has 0 bridgehead atoms. The second-order valence-electron chi connectivity index (χ2n) is 6.13. The van der Waals surface area contributed by atoms with E-state index in [0.29, 0.717) is 5.75 Å². The highest BCUT2D eigenvalue weighted by molar-refractivity contribution is 9.10. The molecule has 0 aliphatic heterocycles. The molecule has 6 heteroatoms. The molecule has 2 rings (SSSR count). The van der Waals surface area contributed by atoms with E-state index in [4.69, 9.17) is 4.74 Å². The number of halogens is 1. The summed E-state index contributed by atoms with van der Waals surface area (Å²) in [6, 6.07) is 11.4. The van der Waals surface area contributed by atoms with Crippen molar-refractivity contribution in [1.29, 1.82) is 0 Å². The lowest BCUT2D eigenvalue weighted by Crippen LogP contribution is -2.26. The Bertz CT molecular complexity index is 863. The highest BCUT2D eigenvalue weighted by Gasteiger charge is 2.06. The maximum Gasteiger partial charge on any atom is 0.244 e. The zero-order valence-electron chi connectivity index (χ0n) is 15.6. The van der Waals surface area contributed by atoms with E-state index in [1.54, 1.807) is 13.2 Å². The summed E-state index contributed by atoms with van der Waals surface area (Å²) in [6.07, 6.45) is 3.33. The van der Waals surface area contributed by atoms with Gasteiger partial charge < -0.3 is 15.4 Å². The number of hydrogen-bond acceptors (Lipinski definition) is 3. The fourth-order valence-electron chi connectivity index (χ4n) is 2.45. The Kier molecular flexibility index (Phi) is 7.61. The lowest BCUT2D eigenvalue weighted by Gasteiger charge is -2.09. The largest absolute Gasteiger partial charge is 0.496 e. The van der Waals surface area contributed by atoms with Crippen molar-refractivity contribution in [2.24, 2.45) is 0 Å². The minimum Gasteiger partial charge on any atom is -0.496 e. The third kappa shape index (κ3) is 6.57. The van der Waals surface area contributed by atoms with Gasteiger partial charge in [0.15, 0.2) is 0 Å². The van der Waals surface area contributed by atoms with Crippen molar-refractivity contribution in [3.8, 4) is 5.75 Å². The van der Waals surface area contributed by atoms with E-state index in [2.05, 4.69) is 26.6 Å². The summed E-state index contributed by atoms with van der Waals surface area (Å²) in [4.78, 5) is 24.0. The average Bonchev–Trinajstić information content (AvgIpc) is 2.63. The number of carbonyl (C=O) groups is 2. The summed E-state index contributed by atoms with van der Waals surface area (Å²) >= 11 is 3.38. The first kappa shape index (κ1) is 20.7. The Hall–Kier alpha value is -2.60. The Balaban J connectivity index is 1.83. The van der Waals surface area contributed by atoms with Crippen molar-refractivity contribution in [3.05, 3.63) is 63.6 Å². The second kappa shape index (κ2) is 9.92. The number of aryl methyl sites for hydroxylation is 2. The van der Waals surface area contributed by atoms with E-state index in [9.17, 15) is 9.59 Å². The van der Waals surface area contributed by atoms with E-state index in [0.717, 1.165) is 26.9 Å². The van der Waals surface area contributed by atoms with Crippen molar-refractivity contribution >= 4 is 39.5 Å². The van der Waals surface area contributed by atoms with Crippen LogP contribution in [0.25, 0.3) is 6.08 Å². The molecular formula is C21H23BrN2O3. The van der Waals surface area contributed by atoms with Crippen LogP contribution in [-0.4, -0.2) is 25.5 Å². The van der Waals surface area contributed by atoms with E-state index >= 15 is 0 Å². The molecule has 0 atom stereocenters. The van der Waals surface area contributed by atoms with Crippen molar-refractivity contribution in [2.75, 3.05) is 19.0 Å². The minimum atomic E-state index is -0.259. The van der Waals surface area contributed by atoms with Crippen molar-refractivity contribution in [2.45, 2.75) is 20.3 Å². The van der Waals surface area contributed by atoms with Crippen LogP contribution >= 0.6 is 15.9 Å². The summed E-state index contributed by atoms with van der Waals surface area (Å²) in [5.74, 6) is 0.291. The maximum absolute atomic E-state index is 12.0. The van der Waals surface area contributed by atoms with Crippen LogP contribution in [0.4, 0.5) is 5.69 Å². The topological polar surface area (TPSA) is 67.4 Å². The van der Waals surface area contributed by atoms with Crippen molar-refractivity contribution < 1.29 is 14.3 Å². The van der Waals surface area contributed by atoms with E-state index in [1.165, 1.54) is 6.08 Å². The predicted octanol–water partition coefficient (Wildman–Crippen LogP) is 4.23. The predicted molar refractivity (Wildman–Crippen MR) is 112 cm³/mol. The quantitative estimate of drug-likeness (QED) is 0.645. The van der Waals surface area contributed by atoms with Crippen LogP contribution in [0, 0.1) is 13.8 Å². The number of benzene rings is 2. The molecule has 2 N–H and O–H groups in total. The molecule has 142 valence electrons. The first-order valence-electron chi connectivity index (χ1n) is 8.55. The highest BCUT2D eigenvalue weighted by Crippen LogP contribution is 2.21. The molecule has 2 aromatic carbocycles. The van der Waals surface area contributed by atoms with Crippen LogP contribution in [0.3, 0.4) is 0 Å². The Morgan fingerprint density at radius 1 is 1.15 bits per heavy atom. The van der Waals surface area contributed by atoms with E-state index in [-0.39, 0.29) is 24.8 Å². The molecule has 27 heavy (non-hydrogen) atoms. The standard InChI is InChI=1S/C21H23BrN2O3/c1-14-4-8-19(27-3)16(12-14)6-9-20(25)23-11-10-21(26)24-18-13-17(22)7-5-15(18)2/h4-9,12-13H,10-11H2,1-3H3,(H,23,25)(H,24,26)/b9-6+. The van der Waals surface area contributed by atoms with Gasteiger partial charge in [0.2, 0.25) is 11.8 Å². The van der Waals surface area contributed by atoms with Crippen LogP contribution in [0.2, 0.25) is 0 Å². The lowest BCUT2D eigenvalue weighted by atomic mass is 10.1. The summed E-state index contributed by atoms with van der Waals surface area (Å²) in [7, 11) is 1.59. The molecule has 2 aromatic rings. The van der Waals surface area contributed by atoms with Gasteiger partial charge in [0.05, 0.1) is 7.11 Å². The Labute approximate surface area is 167 Å². The zero-order chi connectivity index (χ0) is 19.8. The molecule has 0 aliphatic rings. The molecule has 0 unspecified atom stereocenters. The van der Waals surface area contributed by atoms with Gasteiger partial charge in [0, 0.05) is 34.8 Å². The third-order valence-corrected chi connectivity index (χ3v) is 4.42. The van der Waals surface area contributed by atoms with Crippen molar-refractivity contribution in [1.82, 2.24) is 5.32 Å². The van der Waals surface area contributed by atoms with Crippen molar-refractivity contribution in [3.63, 3.8) is 0 Å². The normalized spacial score (nSPS) is 10.7. The van der Waals surface area contributed by atoms with Gasteiger partial charge in [-0.2, -0.15) is 0 Å². The number of ether oxygens (including phenoxy) is 1. The van der Waals surface area contributed by atoms with Gasteiger partial charge in [-0.3, -0.25) is 9.59 Å². The van der Waals surface area contributed by atoms with Gasteiger partial charge in [0.25, 0.3) is 0 Å². The summed E-state index contributed by atoms with van der Waals surface area (Å²) < 4.78 is 6.18. The fourth-order valence-corrected chi connectivity index (χ4v) is 2.81. The monoisotopic (exact) mass is 430 g/mol. The number of hydrogen-bond donors (Lipinski definition) is 2. The van der Waals surface area contributed by atoms with E-state index < -0.39 is 0 Å². The average molecular weight is 431 g/mol. The molecular weight excluding hydrogens is 408 g/mol. The SMILES string of the molecule is COc1ccc(C)cc1/C=C/C(=O)NCCC(=O)Nc1cc(Br)ccc1C. The van der Waals surface area contributed by atoms with Crippen LogP contribution in [0.1, 0.15) is 23.1 Å². The molecule has 0 saturated carbocycles. The fraction of sp³-hybridized carbons (Fsp3) is 0.238. The number of rotatable bonds is 7. The number of amides is 2. The van der Waals surface area contributed by atoms with Gasteiger partial charge in [0.1, 0.15) is 5.75 Å².